The maximum atomic E-state index is 6.58. The van der Waals surface area contributed by atoms with Crippen LogP contribution < -0.4 is 5.30 Å². The van der Waals surface area contributed by atoms with Crippen LogP contribution in [0.2, 0.25) is 0 Å². The SMILES string of the molecule is ClP1(Cl)(c2ccccc2)CC=CC1. The van der Waals surface area contributed by atoms with Crippen LogP contribution in [-0.2, 0) is 0 Å². The summed E-state index contributed by atoms with van der Waals surface area (Å²) in [7, 11) is 0. The van der Waals surface area contributed by atoms with Crippen LogP contribution in [0.15, 0.2) is 42.5 Å². The monoisotopic (exact) mass is 232 g/mol. The minimum absolute atomic E-state index is 0.818. The zero-order valence-corrected chi connectivity index (χ0v) is 9.57. The molecule has 1 aromatic rings. The molecule has 0 atom stereocenters. The van der Waals surface area contributed by atoms with Crippen LogP contribution in [0, 0.1) is 0 Å². The molecule has 0 aromatic heterocycles. The van der Waals surface area contributed by atoms with Crippen molar-refractivity contribution >= 4 is 33.1 Å². The first-order valence-corrected chi connectivity index (χ1v) is 8.67. The average Bonchev–Trinajstić information content (AvgIpc) is 2.51. The zero-order chi connectivity index (χ0) is 9.39. The van der Waals surface area contributed by atoms with Gasteiger partial charge in [-0.2, -0.15) is 0 Å². The Labute approximate surface area is 88.1 Å². The summed E-state index contributed by atoms with van der Waals surface area (Å²) in [6, 6.07) is 10.0. The fraction of sp³-hybridized carbons (Fsp3) is 0.200. The number of rotatable bonds is 1. The Morgan fingerprint density at radius 3 is 2.00 bits per heavy atom. The van der Waals surface area contributed by atoms with E-state index in [2.05, 4.69) is 12.2 Å². The summed E-state index contributed by atoms with van der Waals surface area (Å²) in [5.74, 6) is 0. The number of hydrogen-bond donors (Lipinski definition) is 0. The molecule has 0 bridgehead atoms. The van der Waals surface area contributed by atoms with E-state index < -0.39 is 5.31 Å². The second kappa shape index (κ2) is 2.98. The molecule has 0 N–H and O–H groups in total. The standard InChI is InChI=1S/C10H11Cl2P/c11-13(12,8-4-5-9-13)10-6-2-1-3-7-10/h1-7H,8-9H2. The predicted octanol–water partition coefficient (Wildman–Crippen LogP) is 3.74. The molecule has 0 amide bonds. The van der Waals surface area contributed by atoms with Gasteiger partial charge in [0.1, 0.15) is 0 Å². The van der Waals surface area contributed by atoms with Crippen molar-refractivity contribution in [2.75, 3.05) is 12.3 Å². The van der Waals surface area contributed by atoms with Gasteiger partial charge in [0, 0.05) is 0 Å². The zero-order valence-electron chi connectivity index (χ0n) is 7.16. The van der Waals surface area contributed by atoms with Gasteiger partial charge in [-0.25, -0.2) is 0 Å². The molecule has 0 saturated carbocycles. The fourth-order valence-corrected chi connectivity index (χ4v) is 5.75. The Bertz CT molecular complexity index is 331. The summed E-state index contributed by atoms with van der Waals surface area (Å²) in [6.45, 7) is 0. The number of allylic oxidation sites excluding steroid dienone is 2. The first-order valence-electron chi connectivity index (χ1n) is 4.25. The van der Waals surface area contributed by atoms with E-state index in [4.69, 9.17) is 22.5 Å². The quantitative estimate of drug-likeness (QED) is 0.512. The molecule has 0 spiro atoms. The molecule has 1 heterocycles. The van der Waals surface area contributed by atoms with Crippen LogP contribution in [0.3, 0.4) is 0 Å². The molecule has 0 fully saturated rings. The van der Waals surface area contributed by atoms with E-state index >= 15 is 0 Å². The van der Waals surface area contributed by atoms with Crippen molar-refractivity contribution in [3.8, 4) is 0 Å². The maximum absolute atomic E-state index is 6.58. The Balaban J connectivity index is 2.46. The van der Waals surface area contributed by atoms with Crippen molar-refractivity contribution in [2.24, 2.45) is 0 Å². The summed E-state index contributed by atoms with van der Waals surface area (Å²) in [6.07, 6.45) is 5.81. The van der Waals surface area contributed by atoms with Crippen molar-refractivity contribution in [2.45, 2.75) is 0 Å². The third kappa shape index (κ3) is 1.64. The summed E-state index contributed by atoms with van der Waals surface area (Å²) < 4.78 is 0. The third-order valence-corrected chi connectivity index (χ3v) is 8.51. The van der Waals surface area contributed by atoms with Gasteiger partial charge in [0.05, 0.1) is 0 Å². The summed E-state index contributed by atoms with van der Waals surface area (Å²) in [5, 5.41) is -1.49. The molecule has 0 saturated heterocycles. The van der Waals surface area contributed by atoms with Crippen molar-refractivity contribution in [1.82, 2.24) is 0 Å². The number of halogens is 2. The summed E-state index contributed by atoms with van der Waals surface area (Å²) in [5.41, 5.74) is 0. The molecule has 0 aliphatic carbocycles. The van der Waals surface area contributed by atoms with Crippen molar-refractivity contribution < 1.29 is 0 Å². The molecule has 1 aliphatic heterocycles. The second-order valence-corrected chi connectivity index (χ2v) is 12.6. The molecule has 1 aliphatic rings. The van der Waals surface area contributed by atoms with E-state index in [9.17, 15) is 0 Å². The number of benzene rings is 1. The predicted molar refractivity (Wildman–Crippen MR) is 63.6 cm³/mol. The van der Waals surface area contributed by atoms with E-state index in [-0.39, 0.29) is 0 Å². The molecular weight excluding hydrogens is 222 g/mol. The van der Waals surface area contributed by atoms with Gasteiger partial charge in [-0.05, 0) is 0 Å². The Hall–Kier alpha value is -0.0300. The summed E-state index contributed by atoms with van der Waals surface area (Å²) >= 11 is 13.2. The van der Waals surface area contributed by atoms with Gasteiger partial charge in [0.2, 0.25) is 0 Å². The Morgan fingerprint density at radius 1 is 0.923 bits per heavy atom. The van der Waals surface area contributed by atoms with Crippen LogP contribution in [0.4, 0.5) is 0 Å². The second-order valence-electron chi connectivity index (χ2n) is 3.42. The molecule has 0 unspecified atom stereocenters. The number of hydrogen-bond acceptors (Lipinski definition) is 0. The molecule has 13 heavy (non-hydrogen) atoms. The molecule has 1 aromatic carbocycles. The molecule has 3 heteroatoms. The average molecular weight is 233 g/mol. The van der Waals surface area contributed by atoms with Crippen LogP contribution in [-0.4, -0.2) is 12.3 Å². The third-order valence-electron chi connectivity index (χ3n) is 2.41. The topological polar surface area (TPSA) is 0 Å². The van der Waals surface area contributed by atoms with E-state index in [0.29, 0.717) is 0 Å². The van der Waals surface area contributed by atoms with Gasteiger partial charge in [0.15, 0.2) is 0 Å². The van der Waals surface area contributed by atoms with Crippen LogP contribution in [0.5, 0.6) is 0 Å². The molecule has 0 radical (unpaired) electrons. The summed E-state index contributed by atoms with van der Waals surface area (Å²) in [4.78, 5) is 0. The van der Waals surface area contributed by atoms with Gasteiger partial charge in [-0.1, -0.05) is 0 Å². The van der Waals surface area contributed by atoms with Crippen molar-refractivity contribution in [3.63, 3.8) is 0 Å². The van der Waals surface area contributed by atoms with Gasteiger partial charge in [-0.15, -0.1) is 0 Å². The van der Waals surface area contributed by atoms with Crippen LogP contribution >= 0.6 is 27.8 Å². The Morgan fingerprint density at radius 2 is 1.46 bits per heavy atom. The van der Waals surface area contributed by atoms with Gasteiger partial charge in [0.25, 0.3) is 0 Å². The van der Waals surface area contributed by atoms with Gasteiger partial charge >= 0.3 is 87.9 Å². The van der Waals surface area contributed by atoms with Gasteiger partial charge in [-0.3, -0.25) is 0 Å². The Kier molecular flexibility index (Phi) is 2.19. The minimum atomic E-state index is -2.60. The molecule has 70 valence electrons. The van der Waals surface area contributed by atoms with E-state index in [1.165, 1.54) is 0 Å². The van der Waals surface area contributed by atoms with Crippen LogP contribution in [0.25, 0.3) is 0 Å². The van der Waals surface area contributed by atoms with Crippen LogP contribution in [0.1, 0.15) is 0 Å². The van der Waals surface area contributed by atoms with Crippen molar-refractivity contribution in [3.05, 3.63) is 42.5 Å². The van der Waals surface area contributed by atoms with E-state index in [0.717, 1.165) is 17.6 Å². The van der Waals surface area contributed by atoms with E-state index in [1.807, 2.05) is 30.3 Å². The molecule has 2 rings (SSSR count). The molecular formula is C10H11Cl2P. The first kappa shape index (κ1) is 9.52. The van der Waals surface area contributed by atoms with Crippen molar-refractivity contribution in [1.29, 1.82) is 0 Å². The van der Waals surface area contributed by atoms with E-state index in [1.54, 1.807) is 0 Å². The normalized spacial score (nSPS) is 26.5. The first-order chi connectivity index (χ1) is 6.10. The van der Waals surface area contributed by atoms with Gasteiger partial charge < -0.3 is 0 Å². The molecule has 0 nitrogen and oxygen atoms in total. The fourth-order valence-electron chi connectivity index (χ4n) is 1.60.